The molecule has 0 saturated carbocycles. The Morgan fingerprint density at radius 3 is 1.95 bits per heavy atom. The summed E-state index contributed by atoms with van der Waals surface area (Å²) in [6.45, 7) is 6.70. The summed E-state index contributed by atoms with van der Waals surface area (Å²) in [5.74, 6) is 3.13. The van der Waals surface area contributed by atoms with Crippen molar-refractivity contribution in [3.63, 3.8) is 0 Å². The zero-order valence-corrected chi connectivity index (χ0v) is 15.1. The number of hydrogen-bond acceptors (Lipinski definition) is 2. The summed E-state index contributed by atoms with van der Waals surface area (Å²) < 4.78 is 4.73. The van der Waals surface area contributed by atoms with Gasteiger partial charge in [0.25, 0.3) is 0 Å². The van der Waals surface area contributed by atoms with Gasteiger partial charge < -0.3 is 0 Å². The van der Waals surface area contributed by atoms with Crippen LogP contribution in [-0.2, 0) is 14.1 Å². The monoisotopic (exact) mass is 386 g/mol. The predicted octanol–water partition coefficient (Wildman–Crippen LogP) is 2.67. The van der Waals surface area contributed by atoms with Gasteiger partial charge in [-0.15, -0.1) is 5.54 Å². The van der Waals surface area contributed by atoms with Crippen LogP contribution in [0.2, 0.25) is 19.6 Å². The third-order valence-corrected chi connectivity index (χ3v) is 3.39. The molecule has 6 heteroatoms. The Labute approximate surface area is 129 Å². The molecule has 0 aliphatic heterocycles. The summed E-state index contributed by atoms with van der Waals surface area (Å²) in [6, 6.07) is 0. The summed E-state index contributed by atoms with van der Waals surface area (Å²) in [7, 11) is 2.58. The van der Waals surface area contributed by atoms with E-state index in [4.69, 9.17) is 0 Å². The van der Waals surface area contributed by atoms with E-state index in [2.05, 4.69) is 63.9 Å². The lowest BCUT2D eigenvalue weighted by molar-refractivity contribution is 0.767. The van der Waals surface area contributed by atoms with Gasteiger partial charge in [-0.1, -0.05) is 25.6 Å². The van der Waals surface area contributed by atoms with Crippen LogP contribution >= 0.6 is 22.6 Å². The molecule has 0 fully saturated rings. The molecule has 2 rings (SSSR count). The Hall–Kier alpha value is -1.07. The third kappa shape index (κ3) is 7.18. The van der Waals surface area contributed by atoms with Crippen LogP contribution in [0.3, 0.4) is 0 Å². The number of hydrogen-bond donors (Lipinski definition) is 0. The van der Waals surface area contributed by atoms with Gasteiger partial charge in [0.15, 0.2) is 0 Å². The summed E-state index contributed by atoms with van der Waals surface area (Å²) >= 11 is 2.22. The van der Waals surface area contributed by atoms with Crippen molar-refractivity contribution in [2.24, 2.45) is 14.1 Å². The summed E-state index contributed by atoms with van der Waals surface area (Å²) in [5.41, 5.74) is 4.30. The van der Waals surface area contributed by atoms with E-state index >= 15 is 0 Å². The molecule has 2 aromatic heterocycles. The zero-order chi connectivity index (χ0) is 14.5. The minimum Gasteiger partial charge on any atom is -0.275 e. The Bertz CT molecular complexity index is 567. The van der Waals surface area contributed by atoms with Gasteiger partial charge in [-0.05, 0) is 22.6 Å². The molecule has 0 amide bonds. The van der Waals surface area contributed by atoms with E-state index in [1.807, 2.05) is 32.7 Å². The van der Waals surface area contributed by atoms with Crippen molar-refractivity contribution in [2.45, 2.75) is 19.6 Å². The van der Waals surface area contributed by atoms with E-state index in [0.717, 1.165) is 5.56 Å². The van der Waals surface area contributed by atoms with Gasteiger partial charge in [-0.2, -0.15) is 10.2 Å². The molecule has 4 nitrogen and oxygen atoms in total. The van der Waals surface area contributed by atoms with Gasteiger partial charge in [0.1, 0.15) is 8.07 Å². The minimum atomic E-state index is -1.23. The van der Waals surface area contributed by atoms with Crippen LogP contribution in [0, 0.1) is 15.0 Å². The second-order valence-corrected chi connectivity index (χ2v) is 11.2. The molecule has 19 heavy (non-hydrogen) atoms. The van der Waals surface area contributed by atoms with Crippen LogP contribution in [0.5, 0.6) is 0 Å². The van der Waals surface area contributed by atoms with Crippen LogP contribution in [0.15, 0.2) is 24.8 Å². The second kappa shape index (κ2) is 6.91. The molecule has 0 radical (unpaired) electrons. The largest absolute Gasteiger partial charge is 0.275 e. The molecule has 0 aliphatic rings. The van der Waals surface area contributed by atoms with E-state index in [1.54, 1.807) is 15.6 Å². The van der Waals surface area contributed by atoms with Gasteiger partial charge >= 0.3 is 0 Å². The second-order valence-electron chi connectivity index (χ2n) is 5.23. The number of halogens is 1. The van der Waals surface area contributed by atoms with Crippen LogP contribution < -0.4 is 0 Å². The maximum atomic E-state index is 4.05. The predicted molar refractivity (Wildman–Crippen MR) is 89.4 cm³/mol. The van der Waals surface area contributed by atoms with Crippen molar-refractivity contribution in [2.75, 3.05) is 0 Å². The first kappa shape index (κ1) is 16.0. The minimum absolute atomic E-state index is 1.01. The van der Waals surface area contributed by atoms with Crippen LogP contribution in [0.4, 0.5) is 0 Å². The first-order valence-corrected chi connectivity index (χ1v) is 10.5. The van der Waals surface area contributed by atoms with E-state index in [0.29, 0.717) is 0 Å². The number of nitrogens with zero attached hydrogens (tertiary/aromatic N) is 4. The standard InChI is InChI=1S/C9H14N2Si.C4H5IN2/c1-11-8-9(7-10-11)5-6-12(2,3)4;1-7-3-4(5)2-6-7/h7-8H,1-4H3;2-3H,1H3. The molecule has 0 spiro atoms. The van der Waals surface area contributed by atoms with Crippen molar-refractivity contribution in [3.05, 3.63) is 33.9 Å². The van der Waals surface area contributed by atoms with Crippen LogP contribution in [0.1, 0.15) is 5.56 Å². The lowest BCUT2D eigenvalue weighted by atomic mass is 10.4. The van der Waals surface area contributed by atoms with Crippen molar-refractivity contribution in [1.29, 1.82) is 0 Å². The number of aromatic nitrogens is 4. The van der Waals surface area contributed by atoms with Crippen molar-refractivity contribution >= 4 is 30.7 Å². The molecule has 0 bridgehead atoms. The maximum Gasteiger partial charge on any atom is 0.129 e. The third-order valence-electron chi connectivity index (χ3n) is 1.96. The van der Waals surface area contributed by atoms with Crippen LogP contribution in [0.25, 0.3) is 0 Å². The molecule has 2 aromatic rings. The zero-order valence-electron chi connectivity index (χ0n) is 12.0. The summed E-state index contributed by atoms with van der Waals surface area (Å²) in [6.07, 6.45) is 7.52. The average molecular weight is 386 g/mol. The molecular formula is C13H19IN4Si. The Balaban J connectivity index is 0.000000218. The average Bonchev–Trinajstić information content (AvgIpc) is 2.85. The Morgan fingerprint density at radius 2 is 1.63 bits per heavy atom. The Kier molecular flexibility index (Phi) is 5.81. The number of aryl methyl sites for hydroxylation is 2. The van der Waals surface area contributed by atoms with Gasteiger partial charge in [0.05, 0.1) is 21.5 Å². The van der Waals surface area contributed by atoms with Gasteiger partial charge in [0, 0.05) is 26.5 Å². The van der Waals surface area contributed by atoms with E-state index in [-0.39, 0.29) is 0 Å². The summed E-state index contributed by atoms with van der Waals surface area (Å²) in [4.78, 5) is 0. The molecule has 0 saturated heterocycles. The van der Waals surface area contributed by atoms with E-state index in [1.165, 1.54) is 3.57 Å². The SMILES string of the molecule is Cn1cc(C#C[Si](C)(C)C)cn1.Cn1cc(I)cn1. The van der Waals surface area contributed by atoms with Crippen molar-refractivity contribution in [3.8, 4) is 11.5 Å². The quantitative estimate of drug-likeness (QED) is 0.397. The highest BCUT2D eigenvalue weighted by Crippen LogP contribution is 1.99. The van der Waals surface area contributed by atoms with Crippen LogP contribution in [-0.4, -0.2) is 27.6 Å². The molecule has 0 aromatic carbocycles. The fraction of sp³-hybridized carbons (Fsp3) is 0.385. The normalized spacial score (nSPS) is 10.2. The van der Waals surface area contributed by atoms with Crippen molar-refractivity contribution < 1.29 is 0 Å². The lowest BCUT2D eigenvalue weighted by Crippen LogP contribution is -2.16. The fourth-order valence-electron chi connectivity index (χ4n) is 1.14. The topological polar surface area (TPSA) is 35.6 Å². The summed E-state index contributed by atoms with van der Waals surface area (Å²) in [5, 5.41) is 7.97. The fourth-order valence-corrected chi connectivity index (χ4v) is 2.18. The highest BCUT2D eigenvalue weighted by Gasteiger charge is 2.07. The Morgan fingerprint density at radius 1 is 1.05 bits per heavy atom. The van der Waals surface area contributed by atoms with E-state index in [9.17, 15) is 0 Å². The van der Waals surface area contributed by atoms with Gasteiger partial charge in [-0.25, -0.2) is 0 Å². The molecule has 0 unspecified atom stereocenters. The number of rotatable bonds is 0. The first-order valence-electron chi connectivity index (χ1n) is 5.92. The molecule has 2 heterocycles. The molecule has 0 aliphatic carbocycles. The molecular weight excluding hydrogens is 367 g/mol. The lowest BCUT2D eigenvalue weighted by Gasteiger charge is -2.02. The highest BCUT2D eigenvalue weighted by atomic mass is 127. The molecule has 0 atom stereocenters. The van der Waals surface area contributed by atoms with E-state index < -0.39 is 8.07 Å². The highest BCUT2D eigenvalue weighted by molar-refractivity contribution is 14.1. The van der Waals surface area contributed by atoms with Gasteiger partial charge in [0.2, 0.25) is 0 Å². The van der Waals surface area contributed by atoms with Gasteiger partial charge in [-0.3, -0.25) is 9.36 Å². The first-order chi connectivity index (χ1) is 8.76. The molecule has 0 N–H and O–H groups in total. The van der Waals surface area contributed by atoms with Crippen molar-refractivity contribution in [1.82, 2.24) is 19.6 Å². The molecule has 102 valence electrons. The maximum absolute atomic E-state index is 4.05. The smallest absolute Gasteiger partial charge is 0.129 e.